The van der Waals surface area contributed by atoms with Gasteiger partial charge in [0.2, 0.25) is 0 Å². The normalized spacial score (nSPS) is 25.1. The minimum Gasteiger partial charge on any atom is -0.170 e. The summed E-state index contributed by atoms with van der Waals surface area (Å²) in [5, 5.41) is 0. The van der Waals surface area contributed by atoms with Crippen molar-refractivity contribution in [3.05, 3.63) is 0 Å². The largest absolute Gasteiger partial charge is 0.402 e. The highest BCUT2D eigenvalue weighted by molar-refractivity contribution is 7.81. The van der Waals surface area contributed by atoms with Gasteiger partial charge in [0.1, 0.15) is 4.75 Å². The van der Waals surface area contributed by atoms with E-state index in [1.807, 2.05) is 0 Å². The van der Waals surface area contributed by atoms with Gasteiger partial charge in [-0.3, -0.25) is 0 Å². The number of rotatable bonds is 0. The van der Waals surface area contributed by atoms with Gasteiger partial charge in [-0.05, 0) is 12.8 Å². The summed E-state index contributed by atoms with van der Waals surface area (Å²) in [6.45, 7) is 0. The van der Waals surface area contributed by atoms with Gasteiger partial charge in [-0.15, -0.1) is 0 Å². The molecule has 0 heterocycles. The monoisotopic (exact) mass is 184 g/mol. The highest BCUT2D eigenvalue weighted by Gasteiger charge is 2.51. The molecule has 0 nitrogen and oxygen atoms in total. The summed E-state index contributed by atoms with van der Waals surface area (Å²) in [5.41, 5.74) is 0. The van der Waals surface area contributed by atoms with Gasteiger partial charge in [-0.25, -0.2) is 0 Å². The minimum atomic E-state index is -4.13. The molecule has 0 atom stereocenters. The predicted octanol–water partition coefficient (Wildman–Crippen LogP) is 3.18. The fourth-order valence-electron chi connectivity index (χ4n) is 1.42. The molecule has 11 heavy (non-hydrogen) atoms. The molecule has 1 rings (SSSR count). The zero-order valence-corrected chi connectivity index (χ0v) is 7.01. The molecule has 0 unspecified atom stereocenters. The Morgan fingerprint density at radius 2 is 1.45 bits per heavy atom. The smallest absolute Gasteiger partial charge is 0.170 e. The summed E-state index contributed by atoms with van der Waals surface area (Å²) < 4.78 is 35.1. The van der Waals surface area contributed by atoms with Crippen molar-refractivity contribution in [2.24, 2.45) is 0 Å². The van der Waals surface area contributed by atoms with Gasteiger partial charge in [0.25, 0.3) is 0 Å². The third-order valence-corrected chi connectivity index (χ3v) is 2.91. The van der Waals surface area contributed by atoms with Crippen LogP contribution in [0.5, 0.6) is 0 Å². The van der Waals surface area contributed by atoms with Crippen LogP contribution in [0, 0.1) is 0 Å². The molecule has 1 aliphatic carbocycles. The Morgan fingerprint density at radius 3 is 1.73 bits per heavy atom. The molecular weight excluding hydrogens is 173 g/mol. The molecule has 1 aliphatic rings. The van der Waals surface area contributed by atoms with E-state index in [-0.39, 0.29) is 12.8 Å². The summed E-state index contributed by atoms with van der Waals surface area (Å²) in [4.78, 5) is 0. The molecule has 0 saturated heterocycles. The van der Waals surface area contributed by atoms with Gasteiger partial charge in [-0.1, -0.05) is 19.3 Å². The van der Waals surface area contributed by atoms with Gasteiger partial charge < -0.3 is 0 Å². The van der Waals surface area contributed by atoms with Crippen molar-refractivity contribution in [1.82, 2.24) is 0 Å². The van der Waals surface area contributed by atoms with Crippen molar-refractivity contribution in [3.63, 3.8) is 0 Å². The second kappa shape index (κ2) is 2.88. The van der Waals surface area contributed by atoms with Crippen LogP contribution in [0.4, 0.5) is 13.2 Å². The van der Waals surface area contributed by atoms with Gasteiger partial charge in [0.15, 0.2) is 0 Å². The summed E-state index contributed by atoms with van der Waals surface area (Å²) in [6.07, 6.45) is -1.54. The molecule has 66 valence electrons. The van der Waals surface area contributed by atoms with Gasteiger partial charge >= 0.3 is 6.18 Å². The molecule has 4 heteroatoms. The first-order valence-corrected chi connectivity index (χ1v) is 4.19. The van der Waals surface area contributed by atoms with Crippen molar-refractivity contribution in [3.8, 4) is 0 Å². The highest BCUT2D eigenvalue weighted by atomic mass is 32.1. The number of alkyl halides is 3. The van der Waals surface area contributed by atoms with Crippen LogP contribution in [0.1, 0.15) is 32.1 Å². The molecule has 0 radical (unpaired) electrons. The first kappa shape index (κ1) is 9.23. The van der Waals surface area contributed by atoms with Crippen LogP contribution in [0.3, 0.4) is 0 Å². The topological polar surface area (TPSA) is 0 Å². The van der Waals surface area contributed by atoms with Crippen LogP contribution < -0.4 is 0 Å². The van der Waals surface area contributed by atoms with E-state index in [9.17, 15) is 13.2 Å². The molecule has 0 aromatic carbocycles. The summed E-state index contributed by atoms with van der Waals surface area (Å²) in [7, 11) is 0. The Hall–Kier alpha value is 0.140. The van der Waals surface area contributed by atoms with E-state index in [0.717, 1.165) is 6.42 Å². The van der Waals surface area contributed by atoms with E-state index in [1.54, 1.807) is 0 Å². The molecule has 0 amide bonds. The second-order valence-electron chi connectivity index (χ2n) is 3.09. The number of hydrogen-bond donors (Lipinski definition) is 1. The summed E-state index contributed by atoms with van der Waals surface area (Å²) in [6, 6.07) is 0. The maximum Gasteiger partial charge on any atom is 0.402 e. The zero-order valence-electron chi connectivity index (χ0n) is 6.12. The lowest BCUT2D eigenvalue weighted by molar-refractivity contribution is -0.165. The van der Waals surface area contributed by atoms with E-state index in [1.165, 1.54) is 0 Å². The van der Waals surface area contributed by atoms with E-state index in [2.05, 4.69) is 12.6 Å². The SMILES string of the molecule is FC(F)(F)C1(S)CCCCC1. The lowest BCUT2D eigenvalue weighted by Gasteiger charge is -2.34. The Balaban J connectivity index is 2.64. The maximum absolute atomic E-state index is 12.2. The molecule has 0 aromatic rings. The maximum atomic E-state index is 12.2. The van der Waals surface area contributed by atoms with Crippen LogP contribution in [0.15, 0.2) is 0 Å². The lowest BCUT2D eigenvalue weighted by Crippen LogP contribution is -2.41. The summed E-state index contributed by atoms with van der Waals surface area (Å²) >= 11 is 3.71. The van der Waals surface area contributed by atoms with Crippen molar-refractivity contribution in [2.75, 3.05) is 0 Å². The standard InChI is InChI=1S/C7H11F3S/c8-7(9,10)6(11)4-2-1-3-5-6/h11H,1-5H2. The first-order chi connectivity index (χ1) is 4.96. The van der Waals surface area contributed by atoms with Gasteiger partial charge in [0, 0.05) is 0 Å². The Bertz CT molecular complexity index is 135. The molecular formula is C7H11F3S. The van der Waals surface area contributed by atoms with Crippen LogP contribution in [-0.4, -0.2) is 10.9 Å². The van der Waals surface area contributed by atoms with Crippen molar-refractivity contribution < 1.29 is 13.2 Å². The van der Waals surface area contributed by atoms with Crippen molar-refractivity contribution in [2.45, 2.75) is 43.0 Å². The zero-order chi connectivity index (χ0) is 8.54. The quantitative estimate of drug-likeness (QED) is 0.549. The highest BCUT2D eigenvalue weighted by Crippen LogP contribution is 2.45. The molecule has 0 aliphatic heterocycles. The number of halogens is 3. The average molecular weight is 184 g/mol. The third kappa shape index (κ3) is 1.83. The van der Waals surface area contributed by atoms with E-state index in [0.29, 0.717) is 12.8 Å². The van der Waals surface area contributed by atoms with E-state index in [4.69, 9.17) is 0 Å². The van der Waals surface area contributed by atoms with Crippen molar-refractivity contribution >= 4 is 12.6 Å². The predicted molar refractivity (Wildman–Crippen MR) is 40.9 cm³/mol. The fourth-order valence-corrected chi connectivity index (χ4v) is 1.74. The van der Waals surface area contributed by atoms with Gasteiger partial charge in [0.05, 0.1) is 0 Å². The van der Waals surface area contributed by atoms with Crippen LogP contribution in [0.2, 0.25) is 0 Å². The number of hydrogen-bond acceptors (Lipinski definition) is 1. The molecule has 0 aromatic heterocycles. The van der Waals surface area contributed by atoms with Crippen molar-refractivity contribution in [1.29, 1.82) is 0 Å². The molecule has 1 saturated carbocycles. The van der Waals surface area contributed by atoms with Crippen LogP contribution in [0.25, 0.3) is 0 Å². The lowest BCUT2D eigenvalue weighted by atomic mass is 9.88. The minimum absolute atomic E-state index is 0.180. The fraction of sp³-hybridized carbons (Fsp3) is 1.00. The molecule has 1 fully saturated rings. The average Bonchev–Trinajstić information content (AvgIpc) is 1.87. The third-order valence-electron chi connectivity index (χ3n) is 2.21. The van der Waals surface area contributed by atoms with Crippen LogP contribution >= 0.6 is 12.6 Å². The van der Waals surface area contributed by atoms with E-state index < -0.39 is 10.9 Å². The van der Waals surface area contributed by atoms with Crippen LogP contribution in [-0.2, 0) is 0 Å². The second-order valence-corrected chi connectivity index (χ2v) is 3.95. The first-order valence-electron chi connectivity index (χ1n) is 3.75. The van der Waals surface area contributed by atoms with Gasteiger partial charge in [-0.2, -0.15) is 25.8 Å². The number of thiol groups is 1. The molecule has 0 N–H and O–H groups in total. The summed E-state index contributed by atoms with van der Waals surface area (Å²) in [5.74, 6) is 0. The Morgan fingerprint density at radius 1 is 1.00 bits per heavy atom. The Kier molecular flexibility index (Phi) is 2.42. The molecule has 0 spiro atoms. The van der Waals surface area contributed by atoms with E-state index >= 15 is 0 Å². The molecule has 0 bridgehead atoms. The Labute approximate surface area is 69.6 Å².